The first-order valence-electron chi connectivity index (χ1n) is 9.89. The van der Waals surface area contributed by atoms with Crippen LogP contribution in [-0.2, 0) is 5.75 Å². The summed E-state index contributed by atoms with van der Waals surface area (Å²) in [6, 6.07) is 11.2. The van der Waals surface area contributed by atoms with Crippen molar-refractivity contribution in [3.05, 3.63) is 80.5 Å². The number of carbonyl (C=O) groups excluding carboxylic acids is 2. The molecule has 9 nitrogen and oxygen atoms in total. The van der Waals surface area contributed by atoms with E-state index in [1.807, 2.05) is 12.3 Å². The van der Waals surface area contributed by atoms with Crippen molar-refractivity contribution in [1.82, 2.24) is 10.2 Å². The quantitative estimate of drug-likeness (QED) is 0.192. The Hall–Kier alpha value is -3.48. The SMILES string of the molecule is CCOc1ccc(C(=O)Oc2coc(CSc3nnc(NC(=O)c4cccs4)s3)cc2=O)cc1. The van der Waals surface area contributed by atoms with E-state index >= 15 is 0 Å². The third-order valence-electron chi connectivity index (χ3n) is 4.17. The van der Waals surface area contributed by atoms with Gasteiger partial charge in [-0.15, -0.1) is 21.5 Å². The van der Waals surface area contributed by atoms with Gasteiger partial charge in [-0.2, -0.15) is 0 Å². The minimum atomic E-state index is -0.677. The number of esters is 1. The average Bonchev–Trinajstić information content (AvgIpc) is 3.52. The highest BCUT2D eigenvalue weighted by Crippen LogP contribution is 2.29. The summed E-state index contributed by atoms with van der Waals surface area (Å²) in [5, 5.41) is 12.9. The Bertz CT molecular complexity index is 1330. The summed E-state index contributed by atoms with van der Waals surface area (Å²) in [4.78, 5) is 37.3. The lowest BCUT2D eigenvalue weighted by Crippen LogP contribution is -2.14. The highest BCUT2D eigenvalue weighted by atomic mass is 32.2. The lowest BCUT2D eigenvalue weighted by atomic mass is 10.2. The number of rotatable bonds is 9. The first kappa shape index (κ1) is 23.7. The van der Waals surface area contributed by atoms with Gasteiger partial charge in [0, 0.05) is 6.07 Å². The van der Waals surface area contributed by atoms with Crippen molar-refractivity contribution in [2.75, 3.05) is 11.9 Å². The smallest absolute Gasteiger partial charge is 0.343 e. The van der Waals surface area contributed by atoms with Gasteiger partial charge >= 0.3 is 5.97 Å². The number of thioether (sulfide) groups is 1. The number of hydrogen-bond donors (Lipinski definition) is 1. The number of thiophene rings is 1. The van der Waals surface area contributed by atoms with Crippen molar-refractivity contribution in [3.63, 3.8) is 0 Å². The van der Waals surface area contributed by atoms with Crippen LogP contribution in [0.5, 0.6) is 11.5 Å². The lowest BCUT2D eigenvalue weighted by molar-refractivity contribution is 0.0728. The number of nitrogens with one attached hydrogen (secondary N) is 1. The zero-order valence-electron chi connectivity index (χ0n) is 17.7. The minimum absolute atomic E-state index is 0.206. The molecular formula is C22H17N3O6S3. The van der Waals surface area contributed by atoms with E-state index < -0.39 is 11.4 Å². The third-order valence-corrected chi connectivity index (χ3v) is 7.03. The molecule has 0 radical (unpaired) electrons. The number of aromatic nitrogens is 2. The number of nitrogens with zero attached hydrogens (tertiary/aromatic N) is 2. The maximum Gasteiger partial charge on any atom is 0.343 e. The molecule has 1 aromatic carbocycles. The molecule has 0 atom stereocenters. The highest BCUT2D eigenvalue weighted by Gasteiger charge is 2.14. The number of carbonyl (C=O) groups is 2. The zero-order chi connectivity index (χ0) is 23.9. The fraction of sp³-hybridized carbons (Fsp3) is 0.136. The van der Waals surface area contributed by atoms with Gasteiger partial charge in [-0.25, -0.2) is 4.79 Å². The van der Waals surface area contributed by atoms with Crippen LogP contribution in [0.4, 0.5) is 5.13 Å². The van der Waals surface area contributed by atoms with Gasteiger partial charge in [0.1, 0.15) is 17.8 Å². The fourth-order valence-electron chi connectivity index (χ4n) is 2.62. The van der Waals surface area contributed by atoms with Gasteiger partial charge < -0.3 is 13.9 Å². The number of anilines is 1. The molecule has 1 amide bonds. The van der Waals surface area contributed by atoms with Crippen molar-refractivity contribution in [3.8, 4) is 11.5 Å². The predicted octanol–water partition coefficient (Wildman–Crippen LogP) is 4.72. The van der Waals surface area contributed by atoms with Crippen molar-refractivity contribution >= 4 is 51.4 Å². The molecule has 0 unspecified atom stereocenters. The fourth-order valence-corrected chi connectivity index (χ4v) is 4.88. The molecule has 0 spiro atoms. The van der Waals surface area contributed by atoms with Crippen LogP contribution in [0.15, 0.2) is 67.7 Å². The Balaban J connectivity index is 1.32. The van der Waals surface area contributed by atoms with E-state index in [2.05, 4.69) is 15.5 Å². The van der Waals surface area contributed by atoms with Crippen LogP contribution < -0.4 is 20.2 Å². The van der Waals surface area contributed by atoms with Crippen LogP contribution in [0.1, 0.15) is 32.7 Å². The van der Waals surface area contributed by atoms with E-state index in [1.54, 1.807) is 36.4 Å². The van der Waals surface area contributed by atoms with Crippen molar-refractivity contribution in [2.45, 2.75) is 17.0 Å². The summed E-state index contributed by atoms with van der Waals surface area (Å²) < 4.78 is 16.5. The number of ether oxygens (including phenoxy) is 2. The van der Waals surface area contributed by atoms with E-state index in [0.29, 0.717) is 38.2 Å². The average molecular weight is 516 g/mol. The summed E-state index contributed by atoms with van der Waals surface area (Å²) in [5.41, 5.74) is -0.206. The van der Waals surface area contributed by atoms with E-state index in [4.69, 9.17) is 13.9 Å². The molecule has 0 aliphatic rings. The summed E-state index contributed by atoms with van der Waals surface area (Å²) in [7, 11) is 0. The molecular weight excluding hydrogens is 498 g/mol. The number of benzene rings is 1. The van der Waals surface area contributed by atoms with Gasteiger partial charge in [0.05, 0.1) is 22.8 Å². The Morgan fingerprint density at radius 2 is 2.00 bits per heavy atom. The van der Waals surface area contributed by atoms with Crippen molar-refractivity contribution in [2.24, 2.45) is 0 Å². The van der Waals surface area contributed by atoms with E-state index in [9.17, 15) is 14.4 Å². The molecule has 34 heavy (non-hydrogen) atoms. The molecule has 0 saturated heterocycles. The molecule has 4 aromatic rings. The molecule has 3 heterocycles. The maximum atomic E-state index is 12.4. The van der Waals surface area contributed by atoms with Crippen LogP contribution >= 0.6 is 34.4 Å². The molecule has 12 heteroatoms. The maximum absolute atomic E-state index is 12.4. The summed E-state index contributed by atoms with van der Waals surface area (Å²) in [5.74, 6) is 0.174. The molecule has 0 bridgehead atoms. The van der Waals surface area contributed by atoms with Gasteiger partial charge in [0.25, 0.3) is 5.91 Å². The second kappa shape index (κ2) is 11.1. The predicted molar refractivity (Wildman–Crippen MR) is 129 cm³/mol. The first-order chi connectivity index (χ1) is 16.5. The molecule has 1 N–H and O–H groups in total. The molecule has 0 fully saturated rings. The van der Waals surface area contributed by atoms with Crippen LogP contribution in [0.2, 0.25) is 0 Å². The highest BCUT2D eigenvalue weighted by molar-refractivity contribution is 8.00. The van der Waals surface area contributed by atoms with Gasteiger partial charge in [0.15, 0.2) is 4.34 Å². The molecule has 0 saturated carbocycles. The monoisotopic (exact) mass is 515 g/mol. The number of hydrogen-bond acceptors (Lipinski definition) is 11. The van der Waals surface area contributed by atoms with E-state index in [-0.39, 0.29) is 17.2 Å². The Morgan fingerprint density at radius 1 is 1.18 bits per heavy atom. The van der Waals surface area contributed by atoms with Gasteiger partial charge in [-0.05, 0) is 42.6 Å². The number of amides is 1. The Labute approximate surface area is 205 Å². The lowest BCUT2D eigenvalue weighted by Gasteiger charge is -2.06. The van der Waals surface area contributed by atoms with Crippen LogP contribution in [-0.4, -0.2) is 28.7 Å². The molecule has 0 aliphatic carbocycles. The minimum Gasteiger partial charge on any atom is -0.494 e. The van der Waals surface area contributed by atoms with Gasteiger partial charge in [-0.1, -0.05) is 29.2 Å². The summed E-state index contributed by atoms with van der Waals surface area (Å²) in [6.45, 7) is 2.38. The molecule has 0 aliphatic heterocycles. The molecule has 174 valence electrons. The molecule has 3 aromatic heterocycles. The second-order valence-corrected chi connectivity index (χ2v) is 9.66. The standard InChI is InChI=1S/C22H17N3O6S3/c1-2-29-14-7-5-13(6-8-14)20(28)31-17-11-30-15(10-16(17)26)12-33-22-25-24-21(34-22)23-19(27)18-4-3-9-32-18/h3-11H,2,12H2,1H3,(H,23,24,27). The normalized spacial score (nSPS) is 10.6. The van der Waals surface area contributed by atoms with Crippen LogP contribution in [0.3, 0.4) is 0 Å². The zero-order valence-corrected chi connectivity index (χ0v) is 20.1. The van der Waals surface area contributed by atoms with Crippen molar-refractivity contribution in [1.29, 1.82) is 0 Å². The second-order valence-electron chi connectivity index (χ2n) is 6.51. The van der Waals surface area contributed by atoms with Gasteiger partial charge in [-0.3, -0.25) is 14.9 Å². The van der Waals surface area contributed by atoms with E-state index in [1.165, 1.54) is 40.5 Å². The first-order valence-corrected chi connectivity index (χ1v) is 12.6. The molecule has 4 rings (SSSR count). The Kier molecular flexibility index (Phi) is 7.72. The van der Waals surface area contributed by atoms with Crippen LogP contribution in [0.25, 0.3) is 0 Å². The topological polar surface area (TPSA) is 121 Å². The van der Waals surface area contributed by atoms with Crippen LogP contribution in [0, 0.1) is 0 Å². The van der Waals surface area contributed by atoms with Gasteiger partial charge in [0.2, 0.25) is 16.3 Å². The third kappa shape index (κ3) is 6.10. The van der Waals surface area contributed by atoms with E-state index in [0.717, 1.165) is 6.26 Å². The largest absolute Gasteiger partial charge is 0.494 e. The summed E-state index contributed by atoms with van der Waals surface area (Å²) in [6.07, 6.45) is 1.11. The Morgan fingerprint density at radius 3 is 2.71 bits per heavy atom. The van der Waals surface area contributed by atoms with Crippen molar-refractivity contribution < 1.29 is 23.5 Å². The summed E-state index contributed by atoms with van der Waals surface area (Å²) >= 11 is 3.84.